The summed E-state index contributed by atoms with van der Waals surface area (Å²) in [5, 5.41) is 8.26. The van der Waals surface area contributed by atoms with Crippen LogP contribution in [0.2, 0.25) is 0 Å². The zero-order valence-electron chi connectivity index (χ0n) is 12.8. The van der Waals surface area contributed by atoms with E-state index in [0.29, 0.717) is 12.1 Å². The second-order valence-electron chi connectivity index (χ2n) is 4.88. The smallest absolute Gasteiger partial charge is 0.294 e. The zero-order chi connectivity index (χ0) is 19.6. The van der Waals surface area contributed by atoms with Gasteiger partial charge in [-0.05, 0) is 24.3 Å². The Kier molecular flexibility index (Phi) is 5.37. The second-order valence-corrected chi connectivity index (χ2v) is 6.30. The maximum Gasteiger partial charge on any atom is 0.294 e. The van der Waals surface area contributed by atoms with Gasteiger partial charge in [0, 0.05) is 12.6 Å². The highest BCUT2D eigenvalue weighted by Gasteiger charge is 2.18. The van der Waals surface area contributed by atoms with Gasteiger partial charge in [0.15, 0.2) is 34.6 Å². The molecule has 12 heteroatoms. The highest BCUT2D eigenvalue weighted by atomic mass is 32.2. The minimum Gasteiger partial charge on any atom is -0.326 e. The summed E-state index contributed by atoms with van der Waals surface area (Å²) in [6, 6.07) is 1.96. The molecule has 2 aromatic rings. The SMILES string of the molecule is CC(=O)Nc1cc(F)c(/N=N/c2c(F)cc(S(=O)(=O)O)cc2F)c(F)c1. The van der Waals surface area contributed by atoms with Gasteiger partial charge in [0.25, 0.3) is 10.1 Å². The number of benzene rings is 2. The predicted octanol–water partition coefficient (Wildman–Crippen LogP) is 3.86. The fourth-order valence-corrected chi connectivity index (χ4v) is 2.33. The van der Waals surface area contributed by atoms with Gasteiger partial charge in [0.2, 0.25) is 5.91 Å². The Balaban J connectivity index is 2.43. The number of hydrogen-bond acceptors (Lipinski definition) is 5. The number of anilines is 1. The van der Waals surface area contributed by atoms with Gasteiger partial charge in [-0.1, -0.05) is 0 Å². The highest BCUT2D eigenvalue weighted by Crippen LogP contribution is 2.31. The van der Waals surface area contributed by atoms with Gasteiger partial charge in [0.1, 0.15) is 0 Å². The summed E-state index contributed by atoms with van der Waals surface area (Å²) in [5.74, 6) is -6.18. The monoisotopic (exact) mass is 391 g/mol. The largest absolute Gasteiger partial charge is 0.326 e. The van der Waals surface area contributed by atoms with Crippen LogP contribution in [0.4, 0.5) is 34.6 Å². The van der Waals surface area contributed by atoms with E-state index in [4.69, 9.17) is 4.55 Å². The molecule has 1 amide bonds. The standard InChI is InChI=1S/C14H9F4N3O4S/c1-6(22)19-7-2-9(15)13(10(16)3-7)20-21-14-11(17)4-8(5-12(14)18)26(23,24)25/h2-5H,1H3,(H,19,22)(H,23,24,25)/b21-20+. The topological polar surface area (TPSA) is 108 Å². The van der Waals surface area contributed by atoms with Crippen molar-refractivity contribution in [3.05, 3.63) is 47.5 Å². The van der Waals surface area contributed by atoms with Gasteiger partial charge >= 0.3 is 0 Å². The molecule has 138 valence electrons. The van der Waals surface area contributed by atoms with E-state index in [9.17, 15) is 30.8 Å². The summed E-state index contributed by atoms with van der Waals surface area (Å²) >= 11 is 0. The Labute approximate surface area is 144 Å². The van der Waals surface area contributed by atoms with Crippen LogP contribution in [-0.4, -0.2) is 18.9 Å². The fourth-order valence-electron chi connectivity index (χ4n) is 1.82. The molecule has 0 saturated carbocycles. The molecular weight excluding hydrogens is 382 g/mol. The first-order chi connectivity index (χ1) is 12.0. The minimum absolute atomic E-state index is 0.207. The summed E-state index contributed by atoms with van der Waals surface area (Å²) in [5.41, 5.74) is -2.32. The third-order valence-corrected chi connectivity index (χ3v) is 3.71. The van der Waals surface area contributed by atoms with E-state index in [0.717, 1.165) is 6.92 Å². The normalized spacial score (nSPS) is 11.8. The molecule has 0 saturated heterocycles. The Morgan fingerprint density at radius 1 is 0.923 bits per heavy atom. The number of nitrogens with zero attached hydrogens (tertiary/aromatic N) is 2. The molecule has 0 aliphatic heterocycles. The Hall–Kier alpha value is -2.86. The van der Waals surface area contributed by atoms with Gasteiger partial charge in [-0.3, -0.25) is 9.35 Å². The molecule has 2 N–H and O–H groups in total. The highest BCUT2D eigenvalue weighted by molar-refractivity contribution is 7.85. The second kappa shape index (κ2) is 7.17. The third kappa shape index (κ3) is 4.40. The van der Waals surface area contributed by atoms with E-state index in [-0.39, 0.29) is 17.8 Å². The molecule has 0 fully saturated rings. The van der Waals surface area contributed by atoms with Crippen LogP contribution in [0.5, 0.6) is 0 Å². The van der Waals surface area contributed by atoms with E-state index < -0.39 is 55.6 Å². The van der Waals surface area contributed by atoms with Gasteiger partial charge in [-0.25, -0.2) is 17.6 Å². The molecule has 2 aromatic carbocycles. The molecule has 26 heavy (non-hydrogen) atoms. The molecule has 0 spiro atoms. The molecule has 7 nitrogen and oxygen atoms in total. The molecule has 0 atom stereocenters. The fraction of sp³-hybridized carbons (Fsp3) is 0.0714. The average Bonchev–Trinajstić information content (AvgIpc) is 2.46. The van der Waals surface area contributed by atoms with Crippen LogP contribution < -0.4 is 5.32 Å². The van der Waals surface area contributed by atoms with E-state index in [1.807, 2.05) is 0 Å². The van der Waals surface area contributed by atoms with Gasteiger partial charge in [-0.15, -0.1) is 10.2 Å². The molecule has 0 radical (unpaired) electrons. The minimum atomic E-state index is -4.87. The lowest BCUT2D eigenvalue weighted by atomic mass is 10.2. The molecule has 0 heterocycles. The number of amides is 1. The number of halogens is 4. The van der Waals surface area contributed by atoms with E-state index in [1.54, 1.807) is 0 Å². The van der Waals surface area contributed by atoms with Crippen molar-refractivity contribution in [1.82, 2.24) is 0 Å². The summed E-state index contributed by atoms with van der Waals surface area (Å²) in [6.07, 6.45) is 0. The van der Waals surface area contributed by atoms with Crippen molar-refractivity contribution in [1.29, 1.82) is 0 Å². The van der Waals surface area contributed by atoms with Gasteiger partial charge in [-0.2, -0.15) is 8.42 Å². The van der Waals surface area contributed by atoms with Crippen LogP contribution in [0.1, 0.15) is 6.92 Å². The van der Waals surface area contributed by atoms with Crippen molar-refractivity contribution < 1.29 is 35.3 Å². The van der Waals surface area contributed by atoms with Crippen LogP contribution in [0, 0.1) is 23.3 Å². The van der Waals surface area contributed by atoms with Crippen LogP contribution in [-0.2, 0) is 14.9 Å². The number of carbonyl (C=O) groups is 1. The lowest BCUT2D eigenvalue weighted by Gasteiger charge is -2.05. The number of azo groups is 1. The lowest BCUT2D eigenvalue weighted by Crippen LogP contribution is -2.06. The van der Waals surface area contributed by atoms with E-state index >= 15 is 0 Å². The van der Waals surface area contributed by atoms with Crippen molar-refractivity contribution >= 4 is 33.1 Å². The van der Waals surface area contributed by atoms with E-state index in [2.05, 4.69) is 15.5 Å². The van der Waals surface area contributed by atoms with Crippen molar-refractivity contribution in [2.45, 2.75) is 11.8 Å². The zero-order valence-corrected chi connectivity index (χ0v) is 13.6. The number of rotatable bonds is 4. The third-order valence-electron chi connectivity index (χ3n) is 2.88. The molecule has 0 unspecified atom stereocenters. The Morgan fingerprint density at radius 3 is 1.65 bits per heavy atom. The first-order valence-electron chi connectivity index (χ1n) is 6.64. The lowest BCUT2D eigenvalue weighted by molar-refractivity contribution is -0.114. The first kappa shape index (κ1) is 19.5. The summed E-state index contributed by atoms with van der Waals surface area (Å²) in [7, 11) is -4.87. The summed E-state index contributed by atoms with van der Waals surface area (Å²) < 4.78 is 85.7. The van der Waals surface area contributed by atoms with Crippen LogP contribution >= 0.6 is 0 Å². The first-order valence-corrected chi connectivity index (χ1v) is 8.08. The van der Waals surface area contributed by atoms with Gasteiger partial charge in [0.05, 0.1) is 4.90 Å². The van der Waals surface area contributed by atoms with Crippen molar-refractivity contribution in [2.24, 2.45) is 10.2 Å². The van der Waals surface area contributed by atoms with Crippen molar-refractivity contribution in [3.8, 4) is 0 Å². The summed E-state index contributed by atoms with van der Waals surface area (Å²) in [6.45, 7) is 1.12. The van der Waals surface area contributed by atoms with Crippen molar-refractivity contribution in [2.75, 3.05) is 5.32 Å². The molecular formula is C14H9F4N3O4S. The molecule has 0 aromatic heterocycles. The summed E-state index contributed by atoms with van der Waals surface area (Å²) in [4.78, 5) is 9.80. The maximum absolute atomic E-state index is 13.8. The quantitative estimate of drug-likeness (QED) is 0.469. The molecule has 2 rings (SSSR count). The molecule has 0 bridgehead atoms. The van der Waals surface area contributed by atoms with E-state index in [1.165, 1.54) is 0 Å². The molecule has 0 aliphatic rings. The number of carbonyl (C=O) groups excluding carboxylic acids is 1. The van der Waals surface area contributed by atoms with Crippen LogP contribution in [0.3, 0.4) is 0 Å². The molecule has 0 aliphatic carbocycles. The number of hydrogen-bond donors (Lipinski definition) is 2. The van der Waals surface area contributed by atoms with Gasteiger partial charge < -0.3 is 5.32 Å². The predicted molar refractivity (Wildman–Crippen MR) is 81.0 cm³/mol. The Morgan fingerprint density at radius 2 is 1.31 bits per heavy atom. The number of nitrogens with one attached hydrogen (secondary N) is 1. The van der Waals surface area contributed by atoms with Crippen LogP contribution in [0.25, 0.3) is 0 Å². The van der Waals surface area contributed by atoms with Crippen molar-refractivity contribution in [3.63, 3.8) is 0 Å². The maximum atomic E-state index is 13.8. The Bertz CT molecular complexity index is 979. The van der Waals surface area contributed by atoms with Crippen LogP contribution in [0.15, 0.2) is 39.4 Å². The average molecular weight is 391 g/mol.